The van der Waals surface area contributed by atoms with Crippen molar-refractivity contribution in [1.29, 1.82) is 0 Å². The van der Waals surface area contributed by atoms with Crippen molar-refractivity contribution in [2.45, 2.75) is 71.0 Å². The fraction of sp³-hybridized carbons (Fsp3) is 0.538. The Morgan fingerprint density at radius 1 is 1.13 bits per heavy atom. The number of pyridine rings is 1. The molecule has 2 aliphatic rings. The second kappa shape index (κ2) is 9.71. The first kappa shape index (κ1) is 21.7. The van der Waals surface area contributed by atoms with Crippen LogP contribution in [0.1, 0.15) is 64.4 Å². The summed E-state index contributed by atoms with van der Waals surface area (Å²) in [7, 11) is 0. The molecule has 5 heteroatoms. The van der Waals surface area contributed by atoms with Crippen molar-refractivity contribution in [3.8, 4) is 11.6 Å². The molecule has 1 unspecified atom stereocenters. The number of anilines is 1. The first-order valence-electron chi connectivity index (χ1n) is 11.6. The van der Waals surface area contributed by atoms with Gasteiger partial charge < -0.3 is 14.4 Å². The van der Waals surface area contributed by atoms with Gasteiger partial charge in [0.05, 0.1) is 12.6 Å². The summed E-state index contributed by atoms with van der Waals surface area (Å²) in [5.41, 5.74) is 2.33. The average molecular weight is 423 g/mol. The van der Waals surface area contributed by atoms with Crippen LogP contribution in [-0.4, -0.2) is 36.1 Å². The Bertz CT molecular complexity index is 876. The second-order valence-electron chi connectivity index (χ2n) is 9.26. The Hall–Kier alpha value is -2.56. The topological polar surface area (TPSA) is 51.7 Å². The molecule has 1 saturated carbocycles. The Labute approximate surface area is 185 Å². The van der Waals surface area contributed by atoms with Gasteiger partial charge in [-0.3, -0.25) is 4.79 Å². The fourth-order valence-corrected chi connectivity index (χ4v) is 4.34. The van der Waals surface area contributed by atoms with E-state index in [-0.39, 0.29) is 18.1 Å². The minimum atomic E-state index is 0.111. The van der Waals surface area contributed by atoms with Crippen molar-refractivity contribution in [2.75, 3.05) is 18.0 Å². The van der Waals surface area contributed by atoms with Crippen LogP contribution in [0.3, 0.4) is 0 Å². The number of hydrogen-bond acceptors (Lipinski definition) is 5. The third-order valence-electron chi connectivity index (χ3n) is 6.40. The summed E-state index contributed by atoms with van der Waals surface area (Å²) in [5, 5.41) is 0. The van der Waals surface area contributed by atoms with Crippen LogP contribution >= 0.6 is 0 Å². The van der Waals surface area contributed by atoms with Gasteiger partial charge in [-0.25, -0.2) is 4.98 Å². The zero-order valence-electron chi connectivity index (χ0n) is 18.9. The average Bonchev–Trinajstić information content (AvgIpc) is 3.15. The summed E-state index contributed by atoms with van der Waals surface area (Å²) >= 11 is 0. The van der Waals surface area contributed by atoms with Crippen LogP contribution in [0.2, 0.25) is 0 Å². The van der Waals surface area contributed by atoms with Crippen LogP contribution in [0.5, 0.6) is 11.6 Å². The van der Waals surface area contributed by atoms with Crippen LogP contribution in [0.4, 0.5) is 5.69 Å². The molecule has 1 saturated heterocycles. The van der Waals surface area contributed by atoms with E-state index >= 15 is 0 Å². The number of ether oxygens (including phenoxy) is 2. The molecular weight excluding hydrogens is 388 g/mol. The van der Waals surface area contributed by atoms with Gasteiger partial charge in [-0.15, -0.1) is 0 Å². The van der Waals surface area contributed by atoms with Crippen molar-refractivity contribution in [2.24, 2.45) is 5.92 Å². The van der Waals surface area contributed by atoms with Crippen molar-refractivity contribution in [1.82, 2.24) is 4.98 Å². The number of nitrogens with zero attached hydrogens (tertiary/aromatic N) is 2. The standard InChI is InChI=1S/C26H34N2O3/c1-18(2)30-26-16-22(11-13-27-26)28-14-12-24(17-28)31-23-9-7-20(8-10-23)19(3)15-25(29)21-5-4-6-21/h7-11,13,16,18-19,21,24H,4-6,12,14-15,17H2,1-3H3/t19-,24?/m1/s1. The summed E-state index contributed by atoms with van der Waals surface area (Å²) in [4.78, 5) is 18.9. The van der Waals surface area contributed by atoms with Crippen LogP contribution < -0.4 is 14.4 Å². The lowest BCUT2D eigenvalue weighted by molar-refractivity contribution is -0.125. The first-order chi connectivity index (χ1) is 15.0. The van der Waals surface area contributed by atoms with Gasteiger partial charge in [-0.05, 0) is 56.4 Å². The summed E-state index contributed by atoms with van der Waals surface area (Å²) in [6.07, 6.45) is 7.09. The molecule has 0 bridgehead atoms. The zero-order valence-corrected chi connectivity index (χ0v) is 18.9. The molecule has 1 aromatic heterocycles. The number of hydrogen-bond donors (Lipinski definition) is 0. The summed E-state index contributed by atoms with van der Waals surface area (Å²) in [6, 6.07) is 12.3. The van der Waals surface area contributed by atoms with Gasteiger partial charge in [-0.2, -0.15) is 0 Å². The molecule has 1 aromatic carbocycles. The molecule has 31 heavy (non-hydrogen) atoms. The number of carbonyl (C=O) groups excluding carboxylic acids is 1. The molecule has 4 rings (SSSR count). The molecule has 0 N–H and O–H groups in total. The quantitative estimate of drug-likeness (QED) is 0.542. The lowest BCUT2D eigenvalue weighted by atomic mass is 9.79. The maximum absolute atomic E-state index is 12.3. The van der Waals surface area contributed by atoms with E-state index in [0.717, 1.165) is 43.8 Å². The lowest BCUT2D eigenvalue weighted by Gasteiger charge is -2.25. The third kappa shape index (κ3) is 5.57. The van der Waals surface area contributed by atoms with Gasteiger partial charge in [0.25, 0.3) is 0 Å². The molecule has 1 aliphatic heterocycles. The monoisotopic (exact) mass is 422 g/mol. The summed E-state index contributed by atoms with van der Waals surface area (Å²) in [5.74, 6) is 2.58. The van der Waals surface area contributed by atoms with Gasteiger partial charge in [0.1, 0.15) is 17.6 Å². The lowest BCUT2D eigenvalue weighted by Crippen LogP contribution is -2.24. The van der Waals surface area contributed by atoms with E-state index < -0.39 is 0 Å². The van der Waals surface area contributed by atoms with Gasteiger partial charge in [0, 0.05) is 43.3 Å². The molecule has 0 radical (unpaired) electrons. The second-order valence-corrected chi connectivity index (χ2v) is 9.26. The molecule has 0 amide bonds. The van der Waals surface area contributed by atoms with Crippen LogP contribution in [0, 0.1) is 5.92 Å². The van der Waals surface area contributed by atoms with Crippen molar-refractivity contribution >= 4 is 11.5 Å². The van der Waals surface area contributed by atoms with E-state index in [2.05, 4.69) is 28.9 Å². The predicted molar refractivity (Wildman–Crippen MR) is 123 cm³/mol. The van der Waals surface area contributed by atoms with Crippen molar-refractivity contribution in [3.63, 3.8) is 0 Å². The van der Waals surface area contributed by atoms with E-state index in [0.29, 0.717) is 24.0 Å². The van der Waals surface area contributed by atoms with E-state index in [9.17, 15) is 4.79 Å². The maximum Gasteiger partial charge on any atom is 0.215 e. The minimum absolute atomic E-state index is 0.111. The number of benzene rings is 1. The largest absolute Gasteiger partial charge is 0.489 e. The highest BCUT2D eigenvalue weighted by Crippen LogP contribution is 2.32. The van der Waals surface area contributed by atoms with Crippen LogP contribution in [0.25, 0.3) is 0 Å². The molecule has 2 aromatic rings. The highest BCUT2D eigenvalue weighted by molar-refractivity contribution is 5.82. The molecule has 2 heterocycles. The van der Waals surface area contributed by atoms with Crippen molar-refractivity contribution < 1.29 is 14.3 Å². The first-order valence-corrected chi connectivity index (χ1v) is 11.6. The highest BCUT2D eigenvalue weighted by Gasteiger charge is 2.27. The van der Waals surface area contributed by atoms with E-state index in [1.165, 1.54) is 12.0 Å². The number of carbonyl (C=O) groups is 1. The predicted octanol–water partition coefficient (Wildman–Crippen LogP) is 5.39. The van der Waals surface area contributed by atoms with Gasteiger partial charge in [0.2, 0.25) is 5.88 Å². The fourth-order valence-electron chi connectivity index (χ4n) is 4.34. The molecule has 166 valence electrons. The number of ketones is 1. The Morgan fingerprint density at radius 2 is 1.90 bits per heavy atom. The molecule has 5 nitrogen and oxygen atoms in total. The van der Waals surface area contributed by atoms with Gasteiger partial charge in [0.15, 0.2) is 0 Å². The highest BCUT2D eigenvalue weighted by atomic mass is 16.5. The smallest absolute Gasteiger partial charge is 0.215 e. The van der Waals surface area contributed by atoms with E-state index in [4.69, 9.17) is 9.47 Å². The maximum atomic E-state index is 12.3. The van der Waals surface area contributed by atoms with Crippen LogP contribution in [0.15, 0.2) is 42.6 Å². The third-order valence-corrected chi connectivity index (χ3v) is 6.40. The van der Waals surface area contributed by atoms with E-state index in [1.54, 1.807) is 6.20 Å². The molecule has 1 aliphatic carbocycles. The van der Waals surface area contributed by atoms with Crippen molar-refractivity contribution in [3.05, 3.63) is 48.2 Å². The van der Waals surface area contributed by atoms with Gasteiger partial charge >= 0.3 is 0 Å². The zero-order chi connectivity index (χ0) is 21.8. The summed E-state index contributed by atoms with van der Waals surface area (Å²) in [6.45, 7) is 7.96. The molecule has 2 atom stereocenters. The Morgan fingerprint density at radius 3 is 2.58 bits per heavy atom. The Kier molecular flexibility index (Phi) is 6.79. The SMILES string of the molecule is CC(C)Oc1cc(N2CCC(Oc3ccc([C@H](C)CC(=O)C4CCC4)cc3)C2)ccn1. The minimum Gasteiger partial charge on any atom is -0.489 e. The number of aromatic nitrogens is 1. The molecule has 2 fully saturated rings. The summed E-state index contributed by atoms with van der Waals surface area (Å²) < 4.78 is 12.0. The molecule has 0 spiro atoms. The van der Waals surface area contributed by atoms with Crippen LogP contribution in [-0.2, 0) is 4.79 Å². The van der Waals surface area contributed by atoms with E-state index in [1.807, 2.05) is 38.1 Å². The van der Waals surface area contributed by atoms with Gasteiger partial charge in [-0.1, -0.05) is 25.5 Å². The molecular formula is C26H34N2O3. The Balaban J connectivity index is 1.29. The normalized spacial score (nSPS) is 19.9. The number of rotatable bonds is 9. The number of Topliss-reactive ketones (excluding diaryl/α,β-unsaturated/α-hetero) is 1.